The van der Waals surface area contributed by atoms with Crippen LogP contribution in [0.5, 0.6) is 5.75 Å². The summed E-state index contributed by atoms with van der Waals surface area (Å²) in [5.41, 5.74) is 2.71. The van der Waals surface area contributed by atoms with Gasteiger partial charge in [-0.3, -0.25) is 9.69 Å². The van der Waals surface area contributed by atoms with Gasteiger partial charge in [0, 0.05) is 17.6 Å². The molecular weight excluding hydrogens is 453 g/mol. The van der Waals surface area contributed by atoms with Crippen LogP contribution in [0, 0.1) is 6.92 Å². The molecule has 166 valence electrons. The van der Waals surface area contributed by atoms with Crippen molar-refractivity contribution in [2.75, 3.05) is 39.2 Å². The van der Waals surface area contributed by atoms with E-state index in [1.54, 1.807) is 24.2 Å². The number of hydrogen-bond donors (Lipinski definition) is 0. The van der Waals surface area contributed by atoms with Crippen molar-refractivity contribution < 1.29 is 9.53 Å². The molecule has 3 rings (SSSR count). The van der Waals surface area contributed by atoms with Crippen molar-refractivity contribution in [2.45, 2.75) is 13.3 Å². The molecule has 5 nitrogen and oxygen atoms in total. The zero-order valence-corrected chi connectivity index (χ0v) is 20.5. The molecule has 0 aliphatic heterocycles. The molecule has 0 radical (unpaired) electrons. The van der Waals surface area contributed by atoms with Crippen molar-refractivity contribution in [3.8, 4) is 5.75 Å². The van der Waals surface area contributed by atoms with Crippen LogP contribution in [0.3, 0.4) is 0 Å². The van der Waals surface area contributed by atoms with Crippen molar-refractivity contribution in [1.29, 1.82) is 0 Å². The van der Waals surface area contributed by atoms with Crippen LogP contribution < -0.4 is 9.64 Å². The number of amides is 1. The summed E-state index contributed by atoms with van der Waals surface area (Å²) in [5.74, 6) is 0.592. The molecule has 0 aliphatic carbocycles. The first kappa shape index (κ1) is 25.1. The average molecular weight is 480 g/mol. The smallest absolute Gasteiger partial charge is 0.252 e. The number of hydrogen-bond acceptors (Lipinski definition) is 5. The lowest BCUT2D eigenvalue weighted by molar-refractivity contribution is -0.114. The minimum absolute atomic E-state index is 0. The van der Waals surface area contributed by atoms with Gasteiger partial charge < -0.3 is 9.64 Å². The van der Waals surface area contributed by atoms with Crippen LogP contribution in [-0.2, 0) is 4.79 Å². The quantitative estimate of drug-likeness (QED) is 0.389. The maximum atomic E-state index is 13.1. The predicted octanol–water partition coefficient (Wildman–Crippen LogP) is 5.69. The zero-order valence-electron chi connectivity index (χ0n) is 18.1. The van der Waals surface area contributed by atoms with Crippen molar-refractivity contribution in [3.05, 3.63) is 58.6 Å². The van der Waals surface area contributed by atoms with E-state index in [9.17, 15) is 4.79 Å². The van der Waals surface area contributed by atoms with E-state index in [0.717, 1.165) is 34.3 Å². The molecule has 0 saturated heterocycles. The number of benzene rings is 2. The third kappa shape index (κ3) is 6.20. The van der Waals surface area contributed by atoms with Gasteiger partial charge in [-0.2, -0.15) is 0 Å². The fourth-order valence-corrected chi connectivity index (χ4v) is 4.37. The third-order valence-corrected chi connectivity index (χ3v) is 6.26. The number of methoxy groups -OCH3 is 1. The van der Waals surface area contributed by atoms with E-state index < -0.39 is 0 Å². The molecule has 0 aliphatic rings. The molecule has 2 aromatic carbocycles. The second-order valence-corrected chi connectivity index (χ2v) is 8.65. The molecule has 1 amide bonds. The molecule has 3 aromatic rings. The standard InChI is InChI=1S/C23H26ClN3O2S.ClH/c1-16-10-12-19(29-4)21-22(16)30-23(25-21)27(15-7-14-26(2)3)20(28)13-11-17-8-5-6-9-18(17)24;/h5-6,8-13H,7,14-15H2,1-4H3;1H. The van der Waals surface area contributed by atoms with E-state index in [1.807, 2.05) is 57.4 Å². The zero-order chi connectivity index (χ0) is 21.7. The Balaban J connectivity index is 0.00000341. The van der Waals surface area contributed by atoms with E-state index >= 15 is 0 Å². The van der Waals surface area contributed by atoms with Crippen LogP contribution in [0.25, 0.3) is 16.3 Å². The number of rotatable bonds is 8. The summed E-state index contributed by atoms with van der Waals surface area (Å²) in [6, 6.07) is 11.4. The molecule has 0 N–H and O–H groups in total. The van der Waals surface area contributed by atoms with E-state index in [4.69, 9.17) is 21.3 Å². The number of ether oxygens (including phenoxy) is 1. The van der Waals surface area contributed by atoms with Gasteiger partial charge in [0.1, 0.15) is 11.3 Å². The number of thiazole rings is 1. The second kappa shape index (κ2) is 11.5. The number of carbonyl (C=O) groups is 1. The van der Waals surface area contributed by atoms with Crippen molar-refractivity contribution >= 4 is 62.7 Å². The monoisotopic (exact) mass is 479 g/mol. The lowest BCUT2D eigenvalue weighted by Gasteiger charge is -2.19. The Labute approximate surface area is 198 Å². The molecule has 8 heteroatoms. The molecule has 31 heavy (non-hydrogen) atoms. The summed E-state index contributed by atoms with van der Waals surface area (Å²) < 4.78 is 6.50. The fourth-order valence-electron chi connectivity index (χ4n) is 3.09. The average Bonchev–Trinajstić information content (AvgIpc) is 3.16. The van der Waals surface area contributed by atoms with Gasteiger partial charge in [-0.15, -0.1) is 12.4 Å². The Hall–Kier alpha value is -2.12. The number of carbonyl (C=O) groups excluding carboxylic acids is 1. The molecule has 0 fully saturated rings. The lowest BCUT2D eigenvalue weighted by Crippen LogP contribution is -2.32. The first-order valence-corrected chi connectivity index (χ1v) is 10.9. The molecular formula is C23H27Cl2N3O2S. The van der Waals surface area contributed by atoms with Crippen LogP contribution in [-0.4, -0.2) is 50.1 Å². The molecule has 0 spiro atoms. The number of aromatic nitrogens is 1. The van der Waals surface area contributed by atoms with E-state index in [1.165, 1.54) is 11.3 Å². The van der Waals surface area contributed by atoms with Crippen LogP contribution >= 0.6 is 35.3 Å². The topological polar surface area (TPSA) is 45.7 Å². The summed E-state index contributed by atoms with van der Waals surface area (Å²) in [7, 11) is 5.68. The highest BCUT2D eigenvalue weighted by molar-refractivity contribution is 7.22. The number of nitrogens with zero attached hydrogens (tertiary/aromatic N) is 3. The molecule has 0 saturated carbocycles. The molecule has 0 bridgehead atoms. The first-order valence-electron chi connectivity index (χ1n) is 9.73. The Bertz CT molecular complexity index is 1070. The van der Waals surface area contributed by atoms with Crippen LogP contribution in [0.2, 0.25) is 5.02 Å². The summed E-state index contributed by atoms with van der Waals surface area (Å²) in [6.07, 6.45) is 4.15. The van der Waals surface area contributed by atoms with Crippen molar-refractivity contribution in [1.82, 2.24) is 9.88 Å². The van der Waals surface area contributed by atoms with Gasteiger partial charge in [0.15, 0.2) is 5.13 Å². The fraction of sp³-hybridized carbons (Fsp3) is 0.304. The van der Waals surface area contributed by atoms with E-state index in [2.05, 4.69) is 4.90 Å². The van der Waals surface area contributed by atoms with E-state index in [-0.39, 0.29) is 18.3 Å². The maximum absolute atomic E-state index is 13.1. The minimum atomic E-state index is -0.121. The molecule has 0 unspecified atom stereocenters. The van der Waals surface area contributed by atoms with Gasteiger partial charge >= 0.3 is 0 Å². The van der Waals surface area contributed by atoms with Crippen LogP contribution in [0.15, 0.2) is 42.5 Å². The Morgan fingerprint density at radius 3 is 2.61 bits per heavy atom. The van der Waals surface area contributed by atoms with Gasteiger partial charge in [-0.1, -0.05) is 47.2 Å². The van der Waals surface area contributed by atoms with Gasteiger partial charge in [0.25, 0.3) is 5.91 Å². The Morgan fingerprint density at radius 2 is 1.94 bits per heavy atom. The SMILES string of the molecule is COc1ccc(C)c2sc(N(CCCN(C)C)C(=O)C=Cc3ccccc3Cl)nc12.Cl. The van der Waals surface area contributed by atoms with Crippen molar-refractivity contribution in [3.63, 3.8) is 0 Å². The summed E-state index contributed by atoms with van der Waals surface area (Å²) in [6.45, 7) is 3.50. The highest BCUT2D eigenvalue weighted by atomic mass is 35.5. The number of fused-ring (bicyclic) bond motifs is 1. The van der Waals surface area contributed by atoms with E-state index in [0.29, 0.717) is 22.4 Å². The van der Waals surface area contributed by atoms with Gasteiger partial charge in [-0.05, 0) is 63.3 Å². The Morgan fingerprint density at radius 1 is 1.19 bits per heavy atom. The largest absolute Gasteiger partial charge is 0.494 e. The van der Waals surface area contributed by atoms with Gasteiger partial charge in [0.2, 0.25) is 0 Å². The Kier molecular flexibility index (Phi) is 9.32. The normalized spacial score (nSPS) is 11.2. The minimum Gasteiger partial charge on any atom is -0.494 e. The lowest BCUT2D eigenvalue weighted by atomic mass is 10.2. The first-order chi connectivity index (χ1) is 14.4. The number of halogens is 2. The third-order valence-electron chi connectivity index (χ3n) is 4.71. The van der Waals surface area contributed by atoms with Gasteiger partial charge in [-0.25, -0.2) is 4.98 Å². The van der Waals surface area contributed by atoms with Crippen LogP contribution in [0.1, 0.15) is 17.5 Å². The number of aryl methyl sites for hydroxylation is 1. The molecule has 1 heterocycles. The predicted molar refractivity (Wildman–Crippen MR) is 134 cm³/mol. The van der Waals surface area contributed by atoms with Crippen LogP contribution in [0.4, 0.5) is 5.13 Å². The number of anilines is 1. The second-order valence-electron chi connectivity index (χ2n) is 7.26. The highest BCUT2D eigenvalue weighted by Gasteiger charge is 2.20. The summed E-state index contributed by atoms with van der Waals surface area (Å²) in [5, 5.41) is 1.28. The van der Waals surface area contributed by atoms with Gasteiger partial charge in [0.05, 0.1) is 11.8 Å². The summed E-state index contributed by atoms with van der Waals surface area (Å²) >= 11 is 7.74. The maximum Gasteiger partial charge on any atom is 0.252 e. The van der Waals surface area contributed by atoms with Crippen molar-refractivity contribution in [2.24, 2.45) is 0 Å². The molecule has 0 atom stereocenters. The molecule has 1 aromatic heterocycles. The highest BCUT2D eigenvalue weighted by Crippen LogP contribution is 2.36. The summed E-state index contributed by atoms with van der Waals surface area (Å²) in [4.78, 5) is 21.7.